The van der Waals surface area contributed by atoms with Crippen molar-refractivity contribution in [3.05, 3.63) is 33.2 Å². The maximum Gasteiger partial charge on any atom is 0.266 e. The Kier molecular flexibility index (Phi) is 2.94. The fraction of sp³-hybridized carbons (Fsp3) is 0.250. The molecule has 2 N–H and O–H groups in total. The van der Waals surface area contributed by atoms with Crippen LogP contribution < -0.4 is 5.56 Å². The van der Waals surface area contributed by atoms with Crippen molar-refractivity contribution in [3.63, 3.8) is 0 Å². The van der Waals surface area contributed by atoms with Crippen LogP contribution in [0.2, 0.25) is 0 Å². The van der Waals surface area contributed by atoms with Crippen molar-refractivity contribution >= 4 is 0 Å². The summed E-state index contributed by atoms with van der Waals surface area (Å²) in [6.45, 7) is -0.732. The van der Waals surface area contributed by atoms with E-state index in [4.69, 9.17) is 10.4 Å². The zero-order valence-electron chi connectivity index (χ0n) is 6.92. The summed E-state index contributed by atoms with van der Waals surface area (Å²) < 4.78 is 24.8. The third-order valence-electron chi connectivity index (χ3n) is 1.66. The molecule has 0 saturated heterocycles. The Balaban J connectivity index is 3.51. The molecule has 6 heteroatoms. The van der Waals surface area contributed by atoms with Gasteiger partial charge >= 0.3 is 0 Å². The topological polar surface area (TPSA) is 76.9 Å². The number of alkyl halides is 2. The lowest BCUT2D eigenvalue weighted by Crippen LogP contribution is -2.13. The largest absolute Gasteiger partial charge is 0.390 e. The number of nitrogens with zero attached hydrogens (tertiary/aromatic N) is 1. The summed E-state index contributed by atoms with van der Waals surface area (Å²) in [5.41, 5.74) is -2.03. The average molecular weight is 200 g/mol. The highest BCUT2D eigenvalue weighted by Crippen LogP contribution is 2.23. The number of H-pyrrole nitrogens is 1. The molecular weight excluding hydrogens is 194 g/mol. The maximum atomic E-state index is 12.4. The van der Waals surface area contributed by atoms with Gasteiger partial charge in [-0.05, 0) is 0 Å². The molecule has 1 rings (SSSR count). The van der Waals surface area contributed by atoms with Crippen molar-refractivity contribution in [2.24, 2.45) is 0 Å². The first-order valence-electron chi connectivity index (χ1n) is 3.65. The number of hydrogen-bond acceptors (Lipinski definition) is 3. The Morgan fingerprint density at radius 1 is 1.64 bits per heavy atom. The van der Waals surface area contributed by atoms with Crippen LogP contribution in [0.5, 0.6) is 0 Å². The van der Waals surface area contributed by atoms with Gasteiger partial charge in [0, 0.05) is 6.07 Å². The monoisotopic (exact) mass is 200 g/mol. The third-order valence-corrected chi connectivity index (χ3v) is 1.66. The van der Waals surface area contributed by atoms with Crippen molar-refractivity contribution in [2.45, 2.75) is 13.0 Å². The van der Waals surface area contributed by atoms with Crippen LogP contribution in [0.1, 0.15) is 23.2 Å². The molecule has 0 amide bonds. The number of nitrogens with one attached hydrogen (secondary N) is 1. The summed E-state index contributed by atoms with van der Waals surface area (Å²) in [4.78, 5) is 12.9. The minimum atomic E-state index is -2.90. The van der Waals surface area contributed by atoms with E-state index in [1.807, 2.05) is 4.98 Å². The molecule has 0 saturated carbocycles. The van der Waals surface area contributed by atoms with E-state index in [-0.39, 0.29) is 5.69 Å². The van der Waals surface area contributed by atoms with Gasteiger partial charge < -0.3 is 10.1 Å². The van der Waals surface area contributed by atoms with E-state index in [2.05, 4.69) is 0 Å². The first kappa shape index (κ1) is 10.3. The van der Waals surface area contributed by atoms with Gasteiger partial charge in [-0.3, -0.25) is 4.79 Å². The molecule has 14 heavy (non-hydrogen) atoms. The number of nitriles is 1. The second kappa shape index (κ2) is 3.98. The number of hydrogen-bond donors (Lipinski definition) is 2. The Morgan fingerprint density at radius 2 is 2.29 bits per heavy atom. The highest BCUT2D eigenvalue weighted by atomic mass is 19.3. The number of halogens is 2. The lowest BCUT2D eigenvalue weighted by Gasteiger charge is -2.06. The number of aromatic amines is 1. The van der Waals surface area contributed by atoms with Crippen LogP contribution >= 0.6 is 0 Å². The zero-order valence-corrected chi connectivity index (χ0v) is 6.92. The minimum absolute atomic E-state index is 0.316. The molecule has 1 aromatic heterocycles. The first-order valence-corrected chi connectivity index (χ1v) is 3.65. The molecule has 0 radical (unpaired) electrons. The minimum Gasteiger partial charge on any atom is -0.390 e. The Morgan fingerprint density at radius 3 is 2.71 bits per heavy atom. The van der Waals surface area contributed by atoms with Gasteiger partial charge in [0.25, 0.3) is 6.43 Å². The molecular formula is C8H6F2N2O2. The molecule has 1 heterocycles. The van der Waals surface area contributed by atoms with Crippen LogP contribution in [0, 0.1) is 11.3 Å². The molecule has 1 aromatic rings. The number of aliphatic hydroxyl groups excluding tert-OH is 1. The van der Waals surface area contributed by atoms with E-state index >= 15 is 0 Å². The standard InChI is InChI=1S/C8H6F2N2O2/c9-8(10)7-4(2-11)1-6(14)12-5(7)3-13/h1,8,13H,3H2,(H,12,14). The van der Waals surface area contributed by atoms with Crippen molar-refractivity contribution in [2.75, 3.05) is 0 Å². The van der Waals surface area contributed by atoms with Gasteiger partial charge in [-0.15, -0.1) is 0 Å². The number of aromatic nitrogens is 1. The van der Waals surface area contributed by atoms with Gasteiger partial charge in [0.1, 0.15) is 0 Å². The van der Waals surface area contributed by atoms with Crippen molar-refractivity contribution in [1.29, 1.82) is 5.26 Å². The summed E-state index contributed by atoms with van der Waals surface area (Å²) in [6.07, 6.45) is -2.90. The van der Waals surface area contributed by atoms with Gasteiger partial charge in [-0.1, -0.05) is 0 Å². The van der Waals surface area contributed by atoms with Crippen LogP contribution in [0.3, 0.4) is 0 Å². The Labute approximate surface area is 77.4 Å². The molecule has 0 aliphatic rings. The number of rotatable bonds is 2. The van der Waals surface area contributed by atoms with Gasteiger partial charge in [-0.2, -0.15) is 5.26 Å². The summed E-state index contributed by atoms with van der Waals surface area (Å²) in [6, 6.07) is 2.26. The van der Waals surface area contributed by atoms with Crippen LogP contribution in [0.4, 0.5) is 8.78 Å². The molecule has 0 atom stereocenters. The van der Waals surface area contributed by atoms with Gasteiger partial charge in [0.15, 0.2) is 0 Å². The Hall–Kier alpha value is -1.74. The fourth-order valence-electron chi connectivity index (χ4n) is 1.09. The predicted octanol–water partition coefficient (Wildman–Crippen LogP) is 0.676. The van der Waals surface area contributed by atoms with Gasteiger partial charge in [0.2, 0.25) is 5.56 Å². The van der Waals surface area contributed by atoms with E-state index in [9.17, 15) is 13.6 Å². The fourth-order valence-corrected chi connectivity index (χ4v) is 1.09. The van der Waals surface area contributed by atoms with Gasteiger partial charge in [0.05, 0.1) is 29.5 Å². The molecule has 0 aromatic carbocycles. The summed E-state index contributed by atoms with van der Waals surface area (Å²) >= 11 is 0. The third kappa shape index (κ3) is 1.78. The van der Waals surface area contributed by atoms with Crippen LogP contribution in [-0.2, 0) is 6.61 Å². The second-order valence-corrected chi connectivity index (χ2v) is 2.51. The highest BCUT2D eigenvalue weighted by Gasteiger charge is 2.18. The number of aliphatic hydroxyl groups is 1. The summed E-state index contributed by atoms with van der Waals surface area (Å²) in [7, 11) is 0. The first-order chi connectivity index (χ1) is 6.60. The smallest absolute Gasteiger partial charge is 0.266 e. The maximum absolute atomic E-state index is 12.4. The zero-order chi connectivity index (χ0) is 10.7. The van der Waals surface area contributed by atoms with Crippen molar-refractivity contribution in [1.82, 2.24) is 4.98 Å². The summed E-state index contributed by atoms with van der Waals surface area (Å²) in [5.74, 6) is 0. The molecule has 0 aliphatic heterocycles. The number of pyridine rings is 1. The average Bonchev–Trinajstić information content (AvgIpc) is 2.15. The van der Waals surface area contributed by atoms with E-state index < -0.39 is 29.7 Å². The molecule has 74 valence electrons. The van der Waals surface area contributed by atoms with Crippen LogP contribution in [-0.4, -0.2) is 10.1 Å². The summed E-state index contributed by atoms with van der Waals surface area (Å²) in [5, 5.41) is 17.2. The Bertz CT molecular complexity index is 434. The van der Waals surface area contributed by atoms with E-state index in [0.717, 1.165) is 6.07 Å². The van der Waals surface area contributed by atoms with Crippen molar-refractivity contribution < 1.29 is 13.9 Å². The molecule has 0 fully saturated rings. The second-order valence-electron chi connectivity index (χ2n) is 2.51. The van der Waals surface area contributed by atoms with E-state index in [1.165, 1.54) is 6.07 Å². The van der Waals surface area contributed by atoms with Crippen molar-refractivity contribution in [3.8, 4) is 6.07 Å². The SMILES string of the molecule is N#Cc1cc(=O)[nH]c(CO)c1C(F)F. The quantitative estimate of drug-likeness (QED) is 0.736. The molecule has 0 unspecified atom stereocenters. The lowest BCUT2D eigenvalue weighted by molar-refractivity contribution is 0.145. The highest BCUT2D eigenvalue weighted by molar-refractivity contribution is 5.39. The normalized spacial score (nSPS) is 10.2. The molecule has 0 aliphatic carbocycles. The van der Waals surface area contributed by atoms with Crippen LogP contribution in [0.15, 0.2) is 10.9 Å². The predicted molar refractivity (Wildman–Crippen MR) is 42.7 cm³/mol. The van der Waals surface area contributed by atoms with Gasteiger partial charge in [-0.25, -0.2) is 8.78 Å². The molecule has 0 spiro atoms. The lowest BCUT2D eigenvalue weighted by atomic mass is 10.1. The molecule has 4 nitrogen and oxygen atoms in total. The van der Waals surface area contributed by atoms with E-state index in [0.29, 0.717) is 0 Å². The van der Waals surface area contributed by atoms with E-state index in [1.54, 1.807) is 0 Å². The van der Waals surface area contributed by atoms with Crippen LogP contribution in [0.25, 0.3) is 0 Å². The molecule has 0 bridgehead atoms.